The molecule has 1 nitrogen and oxygen atoms in total. The number of rotatable bonds is 8. The van der Waals surface area contributed by atoms with Crippen molar-refractivity contribution >= 4 is 38.3 Å². The summed E-state index contributed by atoms with van der Waals surface area (Å²) in [6.45, 7) is 6.69. The van der Waals surface area contributed by atoms with Gasteiger partial charge in [-0.3, -0.25) is 0 Å². The number of nitrogens with zero attached hydrogens (tertiary/aromatic N) is 1. The molecule has 0 aromatic carbocycles. The first-order valence-corrected chi connectivity index (χ1v) is 10.4. The lowest BCUT2D eigenvalue weighted by Gasteiger charge is -2.23. The van der Waals surface area contributed by atoms with Gasteiger partial charge >= 0.3 is 0 Å². The van der Waals surface area contributed by atoms with Crippen LogP contribution in [-0.4, -0.2) is 33.8 Å². The van der Waals surface area contributed by atoms with Gasteiger partial charge in [-0.2, -0.15) is 11.1 Å². The van der Waals surface area contributed by atoms with Gasteiger partial charge in [-0.15, -0.1) is 11.1 Å². The highest BCUT2D eigenvalue weighted by atomic mass is 35.6. The molecular formula is C8H18Cl2NSi2. The summed E-state index contributed by atoms with van der Waals surface area (Å²) < 4.78 is 2.39. The lowest BCUT2D eigenvalue weighted by atomic mass is 10.3. The average molecular weight is 255 g/mol. The van der Waals surface area contributed by atoms with Crippen molar-refractivity contribution in [1.29, 1.82) is 0 Å². The van der Waals surface area contributed by atoms with E-state index in [0.29, 0.717) is 8.35 Å². The third-order valence-corrected chi connectivity index (χ3v) is 8.54. The fraction of sp³-hybridized carbons (Fsp3) is 1.00. The zero-order valence-corrected chi connectivity index (χ0v) is 12.0. The zero-order valence-electron chi connectivity index (χ0n) is 8.45. The third kappa shape index (κ3) is 6.97. The van der Waals surface area contributed by atoms with Gasteiger partial charge in [0.15, 0.2) is 8.35 Å². The molecule has 0 unspecified atom stereocenters. The summed E-state index contributed by atoms with van der Waals surface area (Å²) >= 11 is 12.0. The standard InChI is InChI=1S/C8H18Cl2NSi2/c1-3-5-7-11(8-6-4-2)13(10)12-9/h3-8H2,1-2H3. The summed E-state index contributed by atoms with van der Waals surface area (Å²) in [7, 11) is -0.514. The Labute approximate surface area is 95.5 Å². The Kier molecular flexibility index (Phi) is 10.2. The van der Waals surface area contributed by atoms with Crippen molar-refractivity contribution in [3.8, 4) is 0 Å². The van der Waals surface area contributed by atoms with Gasteiger partial charge in [0, 0.05) is 0 Å². The molecule has 0 N–H and O–H groups in total. The van der Waals surface area contributed by atoms with Crippen molar-refractivity contribution in [2.75, 3.05) is 13.1 Å². The van der Waals surface area contributed by atoms with Gasteiger partial charge in [0.05, 0.1) is 0 Å². The highest BCUT2D eigenvalue weighted by Crippen LogP contribution is 2.05. The largest absolute Gasteiger partial charge is 0.313 e. The molecule has 5 heteroatoms. The Hall–Kier alpha value is 0.974. The fourth-order valence-corrected chi connectivity index (χ4v) is 4.51. The van der Waals surface area contributed by atoms with Crippen LogP contribution in [0.3, 0.4) is 0 Å². The fourth-order valence-electron chi connectivity index (χ4n) is 1.07. The van der Waals surface area contributed by atoms with Crippen LogP contribution in [0.2, 0.25) is 0 Å². The summed E-state index contributed by atoms with van der Waals surface area (Å²) in [4.78, 5) is 0. The molecule has 0 spiro atoms. The lowest BCUT2D eigenvalue weighted by molar-refractivity contribution is 0.422. The first kappa shape index (κ1) is 14.0. The van der Waals surface area contributed by atoms with E-state index < -0.39 is 7.79 Å². The van der Waals surface area contributed by atoms with E-state index in [0.717, 1.165) is 13.1 Å². The molecule has 0 atom stereocenters. The van der Waals surface area contributed by atoms with E-state index in [9.17, 15) is 0 Å². The maximum atomic E-state index is 6.21. The van der Waals surface area contributed by atoms with Crippen LogP contribution >= 0.6 is 22.2 Å². The van der Waals surface area contributed by atoms with Crippen LogP contribution in [-0.2, 0) is 0 Å². The molecule has 0 aliphatic rings. The average Bonchev–Trinajstić information content (AvgIpc) is 2.17. The van der Waals surface area contributed by atoms with E-state index in [1.54, 1.807) is 0 Å². The van der Waals surface area contributed by atoms with Gasteiger partial charge in [0.1, 0.15) is 0 Å². The minimum Gasteiger partial charge on any atom is -0.313 e. The van der Waals surface area contributed by atoms with Crippen LogP contribution < -0.4 is 0 Å². The van der Waals surface area contributed by atoms with Crippen LogP contribution in [0.15, 0.2) is 0 Å². The molecule has 0 rings (SSSR count). The predicted octanol–water partition coefficient (Wildman–Crippen LogP) is 2.97. The molecule has 0 aliphatic heterocycles. The SMILES string of the molecule is CCCCN(CCCC)[Si](Cl)[Si]Cl. The first-order chi connectivity index (χ1) is 6.26. The molecule has 0 saturated carbocycles. The van der Waals surface area contributed by atoms with Gasteiger partial charge < -0.3 is 4.57 Å². The maximum Gasteiger partial charge on any atom is 0.251 e. The van der Waals surface area contributed by atoms with E-state index in [4.69, 9.17) is 22.2 Å². The summed E-state index contributed by atoms with van der Waals surface area (Å²) in [5, 5.41) is 0. The van der Waals surface area contributed by atoms with Crippen molar-refractivity contribution < 1.29 is 0 Å². The monoisotopic (exact) mass is 254 g/mol. The number of hydrogen-bond acceptors (Lipinski definition) is 1. The van der Waals surface area contributed by atoms with Crippen LogP contribution in [0.25, 0.3) is 0 Å². The molecule has 0 aliphatic carbocycles. The molecule has 0 saturated heterocycles. The minimum atomic E-state index is -0.913. The highest BCUT2D eigenvalue weighted by molar-refractivity contribution is 7.47. The molecule has 0 amide bonds. The van der Waals surface area contributed by atoms with E-state index in [1.807, 2.05) is 0 Å². The number of unbranched alkanes of at least 4 members (excludes halogenated alkanes) is 2. The van der Waals surface area contributed by atoms with Crippen molar-refractivity contribution in [2.45, 2.75) is 39.5 Å². The molecule has 0 heterocycles. The molecular weight excluding hydrogens is 237 g/mol. The van der Waals surface area contributed by atoms with Gasteiger partial charge in [-0.25, -0.2) is 0 Å². The number of halogens is 2. The Morgan fingerprint density at radius 1 is 1.15 bits per heavy atom. The van der Waals surface area contributed by atoms with Gasteiger partial charge in [-0.05, 0) is 25.9 Å². The Morgan fingerprint density at radius 3 is 1.92 bits per heavy atom. The Morgan fingerprint density at radius 2 is 1.62 bits per heavy atom. The number of hydrogen-bond donors (Lipinski definition) is 0. The second-order valence-corrected chi connectivity index (χ2v) is 10.2. The maximum absolute atomic E-state index is 6.21. The molecule has 0 aromatic rings. The molecule has 77 valence electrons. The van der Waals surface area contributed by atoms with Crippen molar-refractivity contribution in [3.63, 3.8) is 0 Å². The van der Waals surface area contributed by atoms with E-state index in [2.05, 4.69) is 18.4 Å². The molecule has 0 fully saturated rings. The second kappa shape index (κ2) is 9.53. The van der Waals surface area contributed by atoms with E-state index in [-0.39, 0.29) is 0 Å². The summed E-state index contributed by atoms with van der Waals surface area (Å²) in [6.07, 6.45) is 4.96. The van der Waals surface area contributed by atoms with E-state index >= 15 is 0 Å². The predicted molar refractivity (Wildman–Crippen MR) is 64.6 cm³/mol. The Balaban J connectivity index is 3.72. The van der Waals surface area contributed by atoms with Crippen LogP contribution in [0.5, 0.6) is 0 Å². The molecule has 13 heavy (non-hydrogen) atoms. The quantitative estimate of drug-likeness (QED) is 0.476. The summed E-state index contributed by atoms with van der Waals surface area (Å²) in [6, 6.07) is 0. The van der Waals surface area contributed by atoms with Crippen LogP contribution in [0, 0.1) is 0 Å². The van der Waals surface area contributed by atoms with Crippen LogP contribution in [0.4, 0.5) is 0 Å². The van der Waals surface area contributed by atoms with Crippen molar-refractivity contribution in [3.05, 3.63) is 0 Å². The van der Waals surface area contributed by atoms with E-state index in [1.165, 1.54) is 25.7 Å². The molecule has 0 bridgehead atoms. The topological polar surface area (TPSA) is 3.24 Å². The lowest BCUT2D eigenvalue weighted by Crippen LogP contribution is -2.40. The van der Waals surface area contributed by atoms with Crippen molar-refractivity contribution in [2.24, 2.45) is 0 Å². The third-order valence-electron chi connectivity index (χ3n) is 1.92. The second-order valence-electron chi connectivity index (χ2n) is 3.08. The van der Waals surface area contributed by atoms with Crippen LogP contribution in [0.1, 0.15) is 39.5 Å². The Bertz CT molecular complexity index is 108. The zero-order chi connectivity index (χ0) is 10.1. The summed E-state index contributed by atoms with van der Waals surface area (Å²) in [5.74, 6) is 0. The van der Waals surface area contributed by atoms with Gasteiger partial charge in [0.25, 0.3) is 7.79 Å². The van der Waals surface area contributed by atoms with Gasteiger partial charge in [-0.1, -0.05) is 26.7 Å². The molecule has 0 aromatic heterocycles. The minimum absolute atomic E-state index is 0.400. The highest BCUT2D eigenvalue weighted by Gasteiger charge is 2.17. The van der Waals surface area contributed by atoms with Crippen molar-refractivity contribution in [1.82, 2.24) is 4.57 Å². The molecule has 3 radical (unpaired) electrons. The normalized spacial score (nSPS) is 11.5. The smallest absolute Gasteiger partial charge is 0.251 e. The first-order valence-electron chi connectivity index (χ1n) is 4.90. The van der Waals surface area contributed by atoms with Gasteiger partial charge in [0.2, 0.25) is 0 Å². The summed E-state index contributed by atoms with van der Waals surface area (Å²) in [5.41, 5.74) is 0.